The number of hydrogen-bond acceptors (Lipinski definition) is 3. The summed E-state index contributed by atoms with van der Waals surface area (Å²) in [5.74, 6) is -0.245. The zero-order valence-electron chi connectivity index (χ0n) is 10.7. The average molecular weight is 276 g/mol. The van der Waals surface area contributed by atoms with Crippen molar-refractivity contribution in [1.82, 2.24) is 4.98 Å². The van der Waals surface area contributed by atoms with Gasteiger partial charge in [0, 0.05) is 25.1 Å². The molecule has 2 N–H and O–H groups in total. The van der Waals surface area contributed by atoms with Crippen molar-refractivity contribution in [3.05, 3.63) is 52.8 Å². The van der Waals surface area contributed by atoms with Crippen molar-refractivity contribution < 1.29 is 4.79 Å². The first-order valence-electron chi connectivity index (χ1n) is 5.81. The second kappa shape index (κ2) is 5.71. The van der Waals surface area contributed by atoms with Crippen LogP contribution in [0.1, 0.15) is 15.9 Å². The van der Waals surface area contributed by atoms with E-state index in [0.717, 1.165) is 11.3 Å². The summed E-state index contributed by atoms with van der Waals surface area (Å²) in [7, 11) is 1.76. The maximum absolute atomic E-state index is 12.2. The number of amides is 1. The Morgan fingerprint density at radius 3 is 2.79 bits per heavy atom. The summed E-state index contributed by atoms with van der Waals surface area (Å²) in [6.07, 6.45) is 3.15. The number of carbonyl (C=O) groups is 1. The molecule has 0 saturated heterocycles. The molecule has 0 radical (unpaired) electrons. The van der Waals surface area contributed by atoms with Crippen LogP contribution in [-0.2, 0) is 0 Å². The van der Waals surface area contributed by atoms with Gasteiger partial charge in [0.2, 0.25) is 0 Å². The molecule has 1 aromatic heterocycles. The van der Waals surface area contributed by atoms with Crippen LogP contribution in [0.2, 0.25) is 5.02 Å². The van der Waals surface area contributed by atoms with Crippen molar-refractivity contribution in [3.63, 3.8) is 0 Å². The average Bonchev–Trinajstić information content (AvgIpc) is 2.42. The Hall–Kier alpha value is -2.07. The van der Waals surface area contributed by atoms with Gasteiger partial charge in [0.1, 0.15) is 0 Å². The van der Waals surface area contributed by atoms with Gasteiger partial charge >= 0.3 is 0 Å². The number of hydrogen-bond donors (Lipinski definition) is 2. The maximum Gasteiger partial charge on any atom is 0.259 e. The number of benzene rings is 1. The molecule has 0 saturated carbocycles. The number of anilines is 2. The smallest absolute Gasteiger partial charge is 0.259 e. The summed E-state index contributed by atoms with van der Waals surface area (Å²) in [5.41, 5.74) is 2.82. The third-order valence-electron chi connectivity index (χ3n) is 2.71. The molecule has 2 rings (SSSR count). The molecule has 1 heterocycles. The number of aromatic nitrogens is 1. The third-order valence-corrected chi connectivity index (χ3v) is 3.03. The highest BCUT2D eigenvalue weighted by atomic mass is 35.5. The van der Waals surface area contributed by atoms with Gasteiger partial charge < -0.3 is 10.6 Å². The van der Waals surface area contributed by atoms with Gasteiger partial charge in [0.05, 0.1) is 16.3 Å². The summed E-state index contributed by atoms with van der Waals surface area (Å²) in [4.78, 5) is 16.2. The van der Waals surface area contributed by atoms with Crippen molar-refractivity contribution >= 4 is 28.9 Å². The highest BCUT2D eigenvalue weighted by Crippen LogP contribution is 2.24. The quantitative estimate of drug-likeness (QED) is 0.903. The van der Waals surface area contributed by atoms with Crippen LogP contribution in [-0.4, -0.2) is 17.9 Å². The van der Waals surface area contributed by atoms with Crippen LogP contribution in [0, 0.1) is 6.92 Å². The van der Waals surface area contributed by atoms with E-state index in [-0.39, 0.29) is 5.91 Å². The van der Waals surface area contributed by atoms with Crippen LogP contribution < -0.4 is 10.6 Å². The normalized spacial score (nSPS) is 10.1. The van der Waals surface area contributed by atoms with Crippen LogP contribution in [0.4, 0.5) is 11.4 Å². The Labute approximate surface area is 116 Å². The van der Waals surface area contributed by atoms with E-state index in [4.69, 9.17) is 11.6 Å². The Morgan fingerprint density at radius 1 is 1.26 bits per heavy atom. The molecule has 0 spiro atoms. The molecule has 0 unspecified atom stereocenters. The van der Waals surface area contributed by atoms with Crippen molar-refractivity contribution in [3.8, 4) is 0 Å². The second-order valence-electron chi connectivity index (χ2n) is 4.11. The van der Waals surface area contributed by atoms with Gasteiger partial charge in [-0.15, -0.1) is 0 Å². The molecule has 4 nitrogen and oxygen atoms in total. The Bertz CT molecular complexity index is 613. The van der Waals surface area contributed by atoms with Crippen LogP contribution >= 0.6 is 11.6 Å². The fraction of sp³-hybridized carbons (Fsp3) is 0.143. The lowest BCUT2D eigenvalue weighted by Gasteiger charge is -2.10. The van der Waals surface area contributed by atoms with Gasteiger partial charge in [0.25, 0.3) is 5.91 Å². The number of aryl methyl sites for hydroxylation is 1. The first-order valence-corrected chi connectivity index (χ1v) is 6.19. The highest BCUT2D eigenvalue weighted by molar-refractivity contribution is 6.34. The molecule has 1 amide bonds. The van der Waals surface area contributed by atoms with E-state index in [1.165, 1.54) is 6.20 Å². The van der Waals surface area contributed by atoms with Gasteiger partial charge in [-0.3, -0.25) is 9.78 Å². The van der Waals surface area contributed by atoms with E-state index in [0.29, 0.717) is 16.3 Å². The molecule has 0 aliphatic carbocycles. The molecule has 0 bridgehead atoms. The van der Waals surface area contributed by atoms with Gasteiger partial charge in [-0.2, -0.15) is 0 Å². The van der Waals surface area contributed by atoms with Crippen LogP contribution in [0.15, 0.2) is 36.7 Å². The van der Waals surface area contributed by atoms with Crippen molar-refractivity contribution in [2.45, 2.75) is 6.92 Å². The SMILES string of the molecule is CNc1ccncc1C(=O)Nc1cc(C)ccc1Cl. The highest BCUT2D eigenvalue weighted by Gasteiger charge is 2.12. The zero-order valence-corrected chi connectivity index (χ0v) is 11.5. The fourth-order valence-corrected chi connectivity index (χ4v) is 1.88. The van der Waals surface area contributed by atoms with Gasteiger partial charge in [0.15, 0.2) is 0 Å². The third kappa shape index (κ3) is 3.03. The topological polar surface area (TPSA) is 54.0 Å². The summed E-state index contributed by atoms with van der Waals surface area (Å²) < 4.78 is 0. The Balaban J connectivity index is 2.28. The largest absolute Gasteiger partial charge is 0.387 e. The standard InChI is InChI=1S/C14H14ClN3O/c1-9-3-4-11(15)13(7-9)18-14(19)10-8-17-6-5-12(10)16-2/h3-8H,1-2H3,(H,16,17)(H,18,19). The number of carbonyl (C=O) groups excluding carboxylic acids is 1. The minimum atomic E-state index is -0.245. The predicted octanol–water partition coefficient (Wildman–Crippen LogP) is 3.34. The molecule has 0 aliphatic rings. The molecule has 1 aromatic carbocycles. The lowest BCUT2D eigenvalue weighted by atomic mass is 10.2. The number of nitrogens with zero attached hydrogens (tertiary/aromatic N) is 1. The van der Waals surface area contributed by atoms with Crippen molar-refractivity contribution in [1.29, 1.82) is 0 Å². The van der Waals surface area contributed by atoms with Crippen LogP contribution in [0.5, 0.6) is 0 Å². The zero-order chi connectivity index (χ0) is 13.8. The van der Waals surface area contributed by atoms with Crippen molar-refractivity contribution in [2.75, 3.05) is 17.7 Å². The minimum absolute atomic E-state index is 0.245. The number of nitrogens with one attached hydrogen (secondary N) is 2. The first-order chi connectivity index (χ1) is 9.11. The summed E-state index contributed by atoms with van der Waals surface area (Å²) in [6, 6.07) is 7.22. The summed E-state index contributed by atoms with van der Waals surface area (Å²) in [6.45, 7) is 1.94. The summed E-state index contributed by atoms with van der Waals surface area (Å²) in [5, 5.41) is 6.25. The van der Waals surface area contributed by atoms with Gasteiger partial charge in [-0.1, -0.05) is 17.7 Å². The van der Waals surface area contributed by atoms with E-state index in [9.17, 15) is 4.79 Å². The molecular formula is C14H14ClN3O. The fourth-order valence-electron chi connectivity index (χ4n) is 1.72. The van der Waals surface area contributed by atoms with Gasteiger partial charge in [-0.05, 0) is 30.7 Å². The van der Waals surface area contributed by atoms with E-state index in [2.05, 4.69) is 15.6 Å². The lowest BCUT2D eigenvalue weighted by molar-refractivity contribution is 0.102. The van der Waals surface area contributed by atoms with E-state index < -0.39 is 0 Å². The van der Waals surface area contributed by atoms with E-state index >= 15 is 0 Å². The molecule has 2 aromatic rings. The molecule has 0 aliphatic heterocycles. The predicted molar refractivity (Wildman–Crippen MR) is 77.9 cm³/mol. The minimum Gasteiger partial charge on any atom is -0.387 e. The molecule has 98 valence electrons. The van der Waals surface area contributed by atoms with Gasteiger partial charge in [-0.25, -0.2) is 0 Å². The molecular weight excluding hydrogens is 262 g/mol. The monoisotopic (exact) mass is 275 g/mol. The molecule has 0 atom stereocenters. The molecule has 19 heavy (non-hydrogen) atoms. The number of rotatable bonds is 3. The number of pyridine rings is 1. The second-order valence-corrected chi connectivity index (χ2v) is 4.52. The van der Waals surface area contributed by atoms with Crippen LogP contribution in [0.25, 0.3) is 0 Å². The van der Waals surface area contributed by atoms with Crippen LogP contribution in [0.3, 0.4) is 0 Å². The first kappa shape index (κ1) is 13.4. The van der Waals surface area contributed by atoms with E-state index in [1.54, 1.807) is 25.4 Å². The molecule has 5 heteroatoms. The Kier molecular flexibility index (Phi) is 4.02. The van der Waals surface area contributed by atoms with E-state index in [1.807, 2.05) is 19.1 Å². The van der Waals surface area contributed by atoms with Crippen molar-refractivity contribution in [2.24, 2.45) is 0 Å². The number of halogens is 1. The lowest BCUT2D eigenvalue weighted by Crippen LogP contribution is -2.14. The molecule has 0 fully saturated rings. The Morgan fingerprint density at radius 2 is 2.05 bits per heavy atom. The summed E-state index contributed by atoms with van der Waals surface area (Å²) >= 11 is 6.06. The maximum atomic E-state index is 12.2.